The van der Waals surface area contributed by atoms with E-state index in [1.165, 1.54) is 42.5 Å². The van der Waals surface area contributed by atoms with Gasteiger partial charge in [-0.05, 0) is 42.5 Å². The minimum absolute atomic E-state index is 0.0180. The Morgan fingerprint density at radius 3 is 2.24 bits per heavy atom. The summed E-state index contributed by atoms with van der Waals surface area (Å²) in [6, 6.07) is 18.1. The van der Waals surface area contributed by atoms with Gasteiger partial charge in [0.1, 0.15) is 0 Å². The molecule has 8 nitrogen and oxygen atoms in total. The van der Waals surface area contributed by atoms with Crippen molar-refractivity contribution in [2.24, 2.45) is 0 Å². The molecule has 0 saturated heterocycles. The van der Waals surface area contributed by atoms with Crippen LogP contribution in [0.4, 0.5) is 14.5 Å². The van der Waals surface area contributed by atoms with Crippen LogP contribution in [0.1, 0.15) is 10.5 Å². The van der Waals surface area contributed by atoms with Gasteiger partial charge in [0.05, 0.1) is 15.9 Å². The Labute approximate surface area is 193 Å². The molecule has 0 spiro atoms. The van der Waals surface area contributed by atoms with Gasteiger partial charge in [0, 0.05) is 11.9 Å². The van der Waals surface area contributed by atoms with Gasteiger partial charge in [-0.25, -0.2) is 18.4 Å². The average molecular weight is 485 g/mol. The highest BCUT2D eigenvalue weighted by Crippen LogP contribution is 2.33. The van der Waals surface area contributed by atoms with Gasteiger partial charge in [0.15, 0.2) is 27.0 Å². The van der Waals surface area contributed by atoms with Gasteiger partial charge in [-0.1, -0.05) is 30.3 Å². The average Bonchev–Trinajstić information content (AvgIpc) is 2.79. The molecule has 0 aliphatic carbocycles. The van der Waals surface area contributed by atoms with E-state index >= 15 is 0 Å². The zero-order valence-electron chi connectivity index (χ0n) is 17.6. The summed E-state index contributed by atoms with van der Waals surface area (Å²) in [6.45, 7) is -3.09. The van der Waals surface area contributed by atoms with Crippen LogP contribution in [0.5, 0.6) is 17.4 Å². The normalized spacial score (nSPS) is 11.4. The van der Waals surface area contributed by atoms with E-state index in [0.29, 0.717) is 11.0 Å². The molecule has 1 amide bonds. The fraction of sp³-hybridized carbons (Fsp3) is 0.0870. The highest BCUT2D eigenvalue weighted by atomic mass is 32.2. The minimum atomic E-state index is -3.50. The third-order valence-electron chi connectivity index (χ3n) is 4.55. The summed E-state index contributed by atoms with van der Waals surface area (Å²) in [5, 5.41) is 2.57. The van der Waals surface area contributed by atoms with Crippen molar-refractivity contribution in [1.29, 1.82) is 0 Å². The second-order valence-electron chi connectivity index (χ2n) is 7.05. The third-order valence-corrected chi connectivity index (χ3v) is 5.66. The zero-order chi connectivity index (χ0) is 24.3. The minimum Gasteiger partial charge on any atom is -0.433 e. The van der Waals surface area contributed by atoms with Crippen molar-refractivity contribution in [3.8, 4) is 17.4 Å². The molecule has 1 N–H and O–H groups in total. The van der Waals surface area contributed by atoms with Crippen molar-refractivity contribution in [1.82, 2.24) is 9.97 Å². The topological polar surface area (TPSA) is 107 Å². The largest absolute Gasteiger partial charge is 0.433 e. The lowest BCUT2D eigenvalue weighted by Gasteiger charge is -2.14. The lowest BCUT2D eigenvalue weighted by molar-refractivity contribution is -0.0510. The maximum Gasteiger partial charge on any atom is 0.387 e. The molecule has 34 heavy (non-hydrogen) atoms. The number of nitrogens with zero attached hydrogens (tertiary/aromatic N) is 2. The van der Waals surface area contributed by atoms with Gasteiger partial charge in [0.2, 0.25) is 0 Å². The van der Waals surface area contributed by atoms with Crippen molar-refractivity contribution >= 4 is 32.5 Å². The van der Waals surface area contributed by atoms with Crippen LogP contribution in [0, 0.1) is 0 Å². The first kappa shape index (κ1) is 23.1. The second-order valence-corrected chi connectivity index (χ2v) is 9.06. The van der Waals surface area contributed by atoms with Crippen LogP contribution in [-0.4, -0.2) is 37.2 Å². The molecule has 0 atom stereocenters. The number of sulfone groups is 1. The first-order valence-corrected chi connectivity index (χ1v) is 11.7. The van der Waals surface area contributed by atoms with Crippen LogP contribution in [0.2, 0.25) is 0 Å². The molecule has 1 aromatic heterocycles. The van der Waals surface area contributed by atoms with Crippen LogP contribution >= 0.6 is 0 Å². The predicted octanol–water partition coefficient (Wildman–Crippen LogP) is 4.68. The van der Waals surface area contributed by atoms with Crippen LogP contribution in [0.25, 0.3) is 11.0 Å². The summed E-state index contributed by atoms with van der Waals surface area (Å²) in [5.74, 6) is -1.34. The lowest BCUT2D eigenvalue weighted by Crippen LogP contribution is -2.16. The molecule has 3 aromatic carbocycles. The van der Waals surface area contributed by atoms with Gasteiger partial charge in [0.25, 0.3) is 11.8 Å². The fourth-order valence-corrected chi connectivity index (χ4v) is 3.70. The highest BCUT2D eigenvalue weighted by Gasteiger charge is 2.21. The van der Waals surface area contributed by atoms with E-state index in [1.54, 1.807) is 30.3 Å². The van der Waals surface area contributed by atoms with Crippen molar-refractivity contribution in [3.05, 3.63) is 78.5 Å². The van der Waals surface area contributed by atoms with Crippen molar-refractivity contribution in [3.63, 3.8) is 0 Å². The van der Waals surface area contributed by atoms with Gasteiger partial charge >= 0.3 is 6.61 Å². The molecule has 4 rings (SSSR count). The number of fused-ring (bicyclic) bond motifs is 1. The molecule has 0 aliphatic rings. The number of rotatable bonds is 7. The number of carbonyl (C=O) groups excluding carboxylic acids is 1. The van der Waals surface area contributed by atoms with Gasteiger partial charge in [-0.15, -0.1) is 0 Å². The van der Waals surface area contributed by atoms with E-state index in [2.05, 4.69) is 20.0 Å². The Bertz CT molecular complexity index is 1480. The Balaban J connectivity index is 1.74. The number of anilines is 1. The Morgan fingerprint density at radius 2 is 1.56 bits per heavy atom. The molecule has 1 heterocycles. The molecule has 174 valence electrons. The van der Waals surface area contributed by atoms with Gasteiger partial charge < -0.3 is 14.8 Å². The number of halogens is 2. The maximum absolute atomic E-state index is 13.1. The SMILES string of the molecule is CS(=O)(=O)c1cccc(NC(=O)c2nc3ccccc3nc2Oc2ccccc2OC(F)F)c1. The quantitative estimate of drug-likeness (QED) is 0.405. The lowest BCUT2D eigenvalue weighted by atomic mass is 10.2. The number of alkyl halides is 2. The molecule has 0 fully saturated rings. The summed E-state index contributed by atoms with van der Waals surface area (Å²) in [6.07, 6.45) is 1.05. The zero-order valence-corrected chi connectivity index (χ0v) is 18.4. The molecule has 0 bridgehead atoms. The maximum atomic E-state index is 13.1. The number of amides is 1. The van der Waals surface area contributed by atoms with Crippen LogP contribution < -0.4 is 14.8 Å². The molecular formula is C23H17F2N3O5S. The van der Waals surface area contributed by atoms with E-state index in [1.807, 2.05) is 0 Å². The number of benzene rings is 3. The number of ether oxygens (including phenoxy) is 2. The summed E-state index contributed by atoms with van der Waals surface area (Å²) >= 11 is 0. The molecule has 11 heteroatoms. The Morgan fingerprint density at radius 1 is 0.912 bits per heavy atom. The smallest absolute Gasteiger partial charge is 0.387 e. The molecule has 4 aromatic rings. The number of carbonyl (C=O) groups is 1. The molecular weight excluding hydrogens is 468 g/mol. The summed E-state index contributed by atoms with van der Waals surface area (Å²) in [5.41, 5.74) is 0.757. The number of hydrogen-bond acceptors (Lipinski definition) is 7. The molecule has 0 radical (unpaired) electrons. The van der Waals surface area contributed by atoms with Gasteiger partial charge in [-0.3, -0.25) is 4.79 Å². The van der Waals surface area contributed by atoms with E-state index in [0.717, 1.165) is 6.26 Å². The van der Waals surface area contributed by atoms with Crippen molar-refractivity contribution in [2.45, 2.75) is 11.5 Å². The van der Waals surface area contributed by atoms with Crippen molar-refractivity contribution in [2.75, 3.05) is 11.6 Å². The molecule has 0 saturated carbocycles. The number of hydrogen-bond donors (Lipinski definition) is 1. The van der Waals surface area contributed by atoms with E-state index in [4.69, 9.17) is 4.74 Å². The van der Waals surface area contributed by atoms with Crippen LogP contribution in [0.15, 0.2) is 77.7 Å². The predicted molar refractivity (Wildman–Crippen MR) is 120 cm³/mol. The van der Waals surface area contributed by atoms with Crippen molar-refractivity contribution < 1.29 is 31.5 Å². The number of para-hydroxylation sites is 4. The number of nitrogens with one attached hydrogen (secondary N) is 1. The summed E-state index contributed by atoms with van der Waals surface area (Å²) in [7, 11) is -3.50. The van der Waals surface area contributed by atoms with E-state index in [-0.39, 0.29) is 33.7 Å². The van der Waals surface area contributed by atoms with Crippen LogP contribution in [0.3, 0.4) is 0 Å². The standard InChI is InChI=1S/C23H17F2N3O5S/c1-34(30,31)15-8-6-7-14(13-15)26-21(29)20-22(28-17-10-3-2-9-16(17)27-20)32-18-11-4-5-12-19(18)33-23(24)25/h2-13,23H,1H3,(H,26,29). The summed E-state index contributed by atoms with van der Waals surface area (Å²) in [4.78, 5) is 21.8. The highest BCUT2D eigenvalue weighted by molar-refractivity contribution is 7.90. The van der Waals surface area contributed by atoms with E-state index in [9.17, 15) is 22.0 Å². The third kappa shape index (κ3) is 5.26. The molecule has 0 aliphatic heterocycles. The fourth-order valence-electron chi connectivity index (χ4n) is 3.03. The molecule has 0 unspecified atom stereocenters. The number of aromatic nitrogens is 2. The van der Waals surface area contributed by atoms with Gasteiger partial charge in [-0.2, -0.15) is 8.78 Å². The first-order chi connectivity index (χ1) is 16.2. The van der Waals surface area contributed by atoms with E-state index < -0.39 is 22.4 Å². The van der Waals surface area contributed by atoms with Crippen LogP contribution in [-0.2, 0) is 9.84 Å². The Kier molecular flexibility index (Phi) is 6.37. The first-order valence-electron chi connectivity index (χ1n) is 9.80. The monoisotopic (exact) mass is 485 g/mol. The second kappa shape index (κ2) is 9.40. The summed E-state index contributed by atoms with van der Waals surface area (Å²) < 4.78 is 59.4. The Hall–Kier alpha value is -4.12.